The highest BCUT2D eigenvalue weighted by molar-refractivity contribution is 5.83. The predicted octanol–water partition coefficient (Wildman–Crippen LogP) is 2.67. The molecule has 118 valence electrons. The highest BCUT2D eigenvalue weighted by Crippen LogP contribution is 2.22. The molecule has 3 aromatic rings. The molecule has 5 heteroatoms. The van der Waals surface area contributed by atoms with Crippen LogP contribution in [-0.2, 0) is 13.0 Å². The number of hydrogen-bond acceptors (Lipinski definition) is 4. The molecule has 0 saturated heterocycles. The summed E-state index contributed by atoms with van der Waals surface area (Å²) in [5.41, 5.74) is 3.49. The number of pyridine rings is 1. The molecule has 0 amide bonds. The van der Waals surface area contributed by atoms with E-state index < -0.39 is 0 Å². The van der Waals surface area contributed by atoms with Gasteiger partial charge in [0.1, 0.15) is 6.61 Å². The molecule has 0 atom stereocenters. The average Bonchev–Trinajstić information content (AvgIpc) is 2.84. The molecular formula is C18H19N3O2. The molecule has 3 heterocycles. The Morgan fingerprint density at radius 3 is 3.13 bits per heavy atom. The van der Waals surface area contributed by atoms with Crippen LogP contribution in [-0.4, -0.2) is 29.7 Å². The van der Waals surface area contributed by atoms with Crippen molar-refractivity contribution < 1.29 is 9.47 Å². The van der Waals surface area contributed by atoms with Crippen molar-refractivity contribution in [3.63, 3.8) is 0 Å². The summed E-state index contributed by atoms with van der Waals surface area (Å²) in [6.45, 7) is 2.86. The first-order chi connectivity index (χ1) is 11.4. The number of H-pyrrole nitrogens is 1. The second-order valence-electron chi connectivity index (χ2n) is 5.60. The Bertz CT molecular complexity index is 813. The molecule has 4 rings (SSSR count). The zero-order chi connectivity index (χ0) is 15.5. The number of nitrogens with zero attached hydrogens (tertiary/aromatic N) is 1. The number of ether oxygens (including phenoxy) is 2. The summed E-state index contributed by atoms with van der Waals surface area (Å²) in [5, 5.41) is 4.54. The Balaban J connectivity index is 1.42. The molecule has 0 saturated carbocycles. The second kappa shape index (κ2) is 6.30. The molecule has 5 nitrogen and oxygen atoms in total. The van der Waals surface area contributed by atoms with Crippen molar-refractivity contribution in [3.8, 4) is 11.8 Å². The van der Waals surface area contributed by atoms with Crippen LogP contribution in [0, 0.1) is 0 Å². The van der Waals surface area contributed by atoms with Crippen molar-refractivity contribution in [2.24, 2.45) is 0 Å². The molecule has 0 aliphatic carbocycles. The van der Waals surface area contributed by atoms with Crippen LogP contribution in [0.3, 0.4) is 0 Å². The highest BCUT2D eigenvalue weighted by atomic mass is 16.5. The fraction of sp³-hybridized carbons (Fsp3) is 0.278. The van der Waals surface area contributed by atoms with E-state index in [0.29, 0.717) is 25.0 Å². The maximum Gasteiger partial charge on any atom is 0.221 e. The first-order valence-electron chi connectivity index (χ1n) is 7.91. The minimum atomic E-state index is 0.589. The largest absolute Gasteiger partial charge is 0.477 e. The maximum atomic E-state index is 5.81. The van der Waals surface area contributed by atoms with Crippen LogP contribution in [0.15, 0.2) is 42.6 Å². The number of nitrogens with one attached hydrogen (secondary N) is 2. The van der Waals surface area contributed by atoms with Gasteiger partial charge in [-0.25, -0.2) is 0 Å². The lowest BCUT2D eigenvalue weighted by atomic mass is 10.1. The van der Waals surface area contributed by atoms with E-state index >= 15 is 0 Å². The van der Waals surface area contributed by atoms with Gasteiger partial charge in [-0.2, -0.15) is 4.98 Å². The van der Waals surface area contributed by atoms with E-state index in [1.54, 1.807) is 0 Å². The van der Waals surface area contributed by atoms with Crippen molar-refractivity contribution in [2.45, 2.75) is 13.0 Å². The number of benzene rings is 1. The molecule has 2 aromatic heterocycles. The molecule has 1 aliphatic heterocycles. The van der Waals surface area contributed by atoms with Gasteiger partial charge in [-0.3, -0.25) is 0 Å². The van der Waals surface area contributed by atoms with Gasteiger partial charge in [0.15, 0.2) is 0 Å². The first kappa shape index (κ1) is 14.1. The summed E-state index contributed by atoms with van der Waals surface area (Å²) < 4.78 is 11.5. The van der Waals surface area contributed by atoms with Gasteiger partial charge in [0, 0.05) is 48.2 Å². The van der Waals surface area contributed by atoms with Crippen LogP contribution < -0.4 is 14.8 Å². The highest BCUT2D eigenvalue weighted by Gasteiger charge is 2.11. The number of aromatic nitrogens is 2. The molecule has 1 aliphatic rings. The van der Waals surface area contributed by atoms with Gasteiger partial charge in [-0.05, 0) is 17.7 Å². The summed E-state index contributed by atoms with van der Waals surface area (Å²) in [7, 11) is 0. The average molecular weight is 309 g/mol. The SMILES string of the molecule is c1ccc2c(CCOc3ccc4c(n3)OCCNC4)c[nH]c2c1. The number of aromatic amines is 1. The summed E-state index contributed by atoms with van der Waals surface area (Å²) in [5.74, 6) is 1.30. The van der Waals surface area contributed by atoms with E-state index in [0.717, 1.165) is 30.6 Å². The monoisotopic (exact) mass is 309 g/mol. The van der Waals surface area contributed by atoms with E-state index in [4.69, 9.17) is 9.47 Å². The van der Waals surface area contributed by atoms with E-state index in [-0.39, 0.29) is 0 Å². The lowest BCUT2D eigenvalue weighted by molar-refractivity contribution is 0.286. The maximum absolute atomic E-state index is 5.81. The fourth-order valence-electron chi connectivity index (χ4n) is 2.84. The van der Waals surface area contributed by atoms with Crippen molar-refractivity contribution in [1.82, 2.24) is 15.3 Å². The molecule has 1 aromatic carbocycles. The molecule has 0 bridgehead atoms. The molecule has 0 unspecified atom stereocenters. The Morgan fingerprint density at radius 1 is 1.17 bits per heavy atom. The molecule has 0 radical (unpaired) electrons. The van der Waals surface area contributed by atoms with Gasteiger partial charge in [0.05, 0.1) is 6.61 Å². The Hall–Kier alpha value is -2.53. The third kappa shape index (κ3) is 3.00. The minimum absolute atomic E-state index is 0.589. The number of para-hydroxylation sites is 1. The van der Waals surface area contributed by atoms with Gasteiger partial charge < -0.3 is 19.8 Å². The molecule has 2 N–H and O–H groups in total. The van der Waals surface area contributed by atoms with Gasteiger partial charge in [0.25, 0.3) is 0 Å². The van der Waals surface area contributed by atoms with Crippen molar-refractivity contribution >= 4 is 10.9 Å². The van der Waals surface area contributed by atoms with Gasteiger partial charge in [-0.1, -0.05) is 18.2 Å². The number of fused-ring (bicyclic) bond motifs is 2. The van der Waals surface area contributed by atoms with E-state index in [2.05, 4.69) is 33.5 Å². The smallest absolute Gasteiger partial charge is 0.221 e. The Kier molecular flexibility index (Phi) is 3.86. The zero-order valence-corrected chi connectivity index (χ0v) is 12.8. The number of rotatable bonds is 4. The van der Waals surface area contributed by atoms with E-state index in [1.807, 2.05) is 24.4 Å². The van der Waals surface area contributed by atoms with E-state index in [9.17, 15) is 0 Å². The topological polar surface area (TPSA) is 59.2 Å². The van der Waals surface area contributed by atoms with Crippen molar-refractivity contribution in [3.05, 3.63) is 53.7 Å². The van der Waals surface area contributed by atoms with E-state index in [1.165, 1.54) is 10.9 Å². The van der Waals surface area contributed by atoms with Crippen LogP contribution in [0.25, 0.3) is 10.9 Å². The Labute approximate surface area is 134 Å². The quantitative estimate of drug-likeness (QED) is 0.778. The fourth-order valence-corrected chi connectivity index (χ4v) is 2.84. The predicted molar refractivity (Wildman–Crippen MR) is 88.9 cm³/mol. The lowest BCUT2D eigenvalue weighted by Crippen LogP contribution is -2.16. The summed E-state index contributed by atoms with van der Waals surface area (Å²) in [6, 6.07) is 12.2. The normalized spacial score (nSPS) is 14.1. The standard InChI is InChI=1S/C18H19N3O2/c1-2-4-16-15(3-1)13(12-20-16)7-9-22-17-6-5-14-11-19-8-10-23-18(14)21-17/h1-6,12,19-20H,7-11H2. The summed E-state index contributed by atoms with van der Waals surface area (Å²) in [6.07, 6.45) is 2.89. The van der Waals surface area contributed by atoms with Crippen LogP contribution in [0.2, 0.25) is 0 Å². The molecule has 0 spiro atoms. The van der Waals surface area contributed by atoms with Gasteiger partial charge in [0.2, 0.25) is 11.8 Å². The summed E-state index contributed by atoms with van der Waals surface area (Å²) >= 11 is 0. The third-order valence-corrected chi connectivity index (χ3v) is 4.04. The summed E-state index contributed by atoms with van der Waals surface area (Å²) in [4.78, 5) is 7.75. The van der Waals surface area contributed by atoms with Crippen LogP contribution in [0.1, 0.15) is 11.1 Å². The van der Waals surface area contributed by atoms with Gasteiger partial charge in [-0.15, -0.1) is 0 Å². The lowest BCUT2D eigenvalue weighted by Gasteiger charge is -2.09. The van der Waals surface area contributed by atoms with Crippen molar-refractivity contribution in [2.75, 3.05) is 19.8 Å². The van der Waals surface area contributed by atoms with Crippen LogP contribution in [0.5, 0.6) is 11.8 Å². The zero-order valence-electron chi connectivity index (χ0n) is 12.8. The van der Waals surface area contributed by atoms with Gasteiger partial charge >= 0.3 is 0 Å². The third-order valence-electron chi connectivity index (χ3n) is 4.04. The van der Waals surface area contributed by atoms with Crippen LogP contribution >= 0.6 is 0 Å². The molecular weight excluding hydrogens is 290 g/mol. The minimum Gasteiger partial charge on any atom is -0.477 e. The first-order valence-corrected chi connectivity index (χ1v) is 7.91. The molecule has 23 heavy (non-hydrogen) atoms. The second-order valence-corrected chi connectivity index (χ2v) is 5.60. The van der Waals surface area contributed by atoms with Crippen molar-refractivity contribution in [1.29, 1.82) is 0 Å². The Morgan fingerprint density at radius 2 is 2.13 bits per heavy atom. The van der Waals surface area contributed by atoms with Crippen LogP contribution in [0.4, 0.5) is 0 Å². The molecule has 0 fully saturated rings. The number of hydrogen-bond donors (Lipinski definition) is 2.